The molecule has 1 aliphatic rings. The summed E-state index contributed by atoms with van der Waals surface area (Å²) >= 11 is 0. The van der Waals surface area contributed by atoms with Gasteiger partial charge in [0.15, 0.2) is 0 Å². The number of hydrogen-bond donors (Lipinski definition) is 1. The maximum atomic E-state index is 5.71. The standard InChI is InChI=1S/C10H18N2.ClH/c1-2-3-6-9-7-4-5-8-10(11)12-9;/h3,6,9H,2,4-5,7-8H2,1H3,(H2,11,12);1H. The second-order valence-corrected chi connectivity index (χ2v) is 3.27. The Hall–Kier alpha value is -0.500. The van der Waals surface area contributed by atoms with Crippen molar-refractivity contribution >= 4 is 18.2 Å². The molecule has 0 spiro atoms. The lowest BCUT2D eigenvalue weighted by Gasteiger charge is -2.03. The summed E-state index contributed by atoms with van der Waals surface area (Å²) in [5, 5.41) is 0. The van der Waals surface area contributed by atoms with Gasteiger partial charge in [0, 0.05) is 6.42 Å². The van der Waals surface area contributed by atoms with Crippen molar-refractivity contribution in [3.05, 3.63) is 12.2 Å². The van der Waals surface area contributed by atoms with Crippen LogP contribution in [0, 0.1) is 0 Å². The SMILES string of the molecule is CCC=CC1CCCCC(N)=N1.Cl. The van der Waals surface area contributed by atoms with E-state index in [1.807, 2.05) is 0 Å². The van der Waals surface area contributed by atoms with E-state index in [0.29, 0.717) is 6.04 Å². The molecule has 0 bridgehead atoms. The van der Waals surface area contributed by atoms with Gasteiger partial charge in [-0.1, -0.05) is 25.5 Å². The minimum atomic E-state index is 0. The lowest BCUT2D eigenvalue weighted by Crippen LogP contribution is -2.12. The van der Waals surface area contributed by atoms with E-state index in [0.717, 1.165) is 25.1 Å². The maximum Gasteiger partial charge on any atom is 0.0944 e. The van der Waals surface area contributed by atoms with Crippen molar-refractivity contribution in [1.29, 1.82) is 0 Å². The van der Waals surface area contributed by atoms with Gasteiger partial charge in [0.25, 0.3) is 0 Å². The topological polar surface area (TPSA) is 38.4 Å². The highest BCUT2D eigenvalue weighted by molar-refractivity contribution is 5.85. The number of amidine groups is 1. The highest BCUT2D eigenvalue weighted by Crippen LogP contribution is 2.13. The van der Waals surface area contributed by atoms with Crippen molar-refractivity contribution in [3.63, 3.8) is 0 Å². The fourth-order valence-corrected chi connectivity index (χ4v) is 1.43. The van der Waals surface area contributed by atoms with Gasteiger partial charge in [0.2, 0.25) is 0 Å². The fourth-order valence-electron chi connectivity index (χ4n) is 1.43. The van der Waals surface area contributed by atoms with E-state index in [1.54, 1.807) is 0 Å². The third kappa shape index (κ3) is 4.94. The van der Waals surface area contributed by atoms with Crippen LogP contribution < -0.4 is 5.73 Å². The molecule has 3 heteroatoms. The maximum absolute atomic E-state index is 5.71. The summed E-state index contributed by atoms with van der Waals surface area (Å²) in [4.78, 5) is 4.42. The van der Waals surface area contributed by atoms with E-state index in [-0.39, 0.29) is 12.4 Å². The van der Waals surface area contributed by atoms with Crippen molar-refractivity contribution in [2.45, 2.75) is 45.1 Å². The molecule has 2 nitrogen and oxygen atoms in total. The highest BCUT2D eigenvalue weighted by atomic mass is 35.5. The predicted molar refractivity (Wildman–Crippen MR) is 60.6 cm³/mol. The summed E-state index contributed by atoms with van der Waals surface area (Å²) in [6.45, 7) is 2.14. The summed E-state index contributed by atoms with van der Waals surface area (Å²) < 4.78 is 0. The minimum Gasteiger partial charge on any atom is -0.387 e. The molecular formula is C10H19ClN2. The van der Waals surface area contributed by atoms with Crippen LogP contribution in [0.3, 0.4) is 0 Å². The van der Waals surface area contributed by atoms with E-state index in [2.05, 4.69) is 24.1 Å². The second kappa shape index (κ2) is 6.96. The van der Waals surface area contributed by atoms with Crippen LogP contribution in [0.2, 0.25) is 0 Å². The van der Waals surface area contributed by atoms with Gasteiger partial charge >= 0.3 is 0 Å². The molecule has 0 amide bonds. The molecule has 1 atom stereocenters. The van der Waals surface area contributed by atoms with Crippen LogP contribution in [0.15, 0.2) is 17.1 Å². The van der Waals surface area contributed by atoms with Gasteiger partial charge in [0.1, 0.15) is 0 Å². The summed E-state index contributed by atoms with van der Waals surface area (Å²) in [7, 11) is 0. The lowest BCUT2D eigenvalue weighted by atomic mass is 10.1. The number of nitrogens with two attached hydrogens (primary N) is 1. The average molecular weight is 203 g/mol. The lowest BCUT2D eigenvalue weighted by molar-refractivity contribution is 0.666. The van der Waals surface area contributed by atoms with Crippen molar-refractivity contribution < 1.29 is 0 Å². The second-order valence-electron chi connectivity index (χ2n) is 3.27. The predicted octanol–water partition coefficient (Wildman–Crippen LogP) is 2.67. The van der Waals surface area contributed by atoms with Gasteiger partial charge in [0.05, 0.1) is 11.9 Å². The monoisotopic (exact) mass is 202 g/mol. The largest absolute Gasteiger partial charge is 0.387 e. The Morgan fingerprint density at radius 3 is 3.00 bits per heavy atom. The Kier molecular flexibility index (Phi) is 6.69. The molecule has 0 aromatic heterocycles. The third-order valence-electron chi connectivity index (χ3n) is 2.11. The number of rotatable bonds is 2. The van der Waals surface area contributed by atoms with Gasteiger partial charge in [-0.05, 0) is 19.3 Å². The van der Waals surface area contributed by atoms with Crippen LogP contribution in [-0.2, 0) is 0 Å². The Morgan fingerprint density at radius 2 is 2.31 bits per heavy atom. The Balaban J connectivity index is 0.00000144. The molecule has 2 N–H and O–H groups in total. The van der Waals surface area contributed by atoms with E-state index in [9.17, 15) is 0 Å². The Labute approximate surface area is 86.7 Å². The molecule has 1 heterocycles. The van der Waals surface area contributed by atoms with Crippen LogP contribution in [0.1, 0.15) is 39.0 Å². The zero-order chi connectivity index (χ0) is 8.81. The van der Waals surface area contributed by atoms with Crippen LogP contribution >= 0.6 is 12.4 Å². The van der Waals surface area contributed by atoms with Crippen molar-refractivity contribution in [3.8, 4) is 0 Å². The number of allylic oxidation sites excluding steroid dienone is 1. The number of halogens is 1. The minimum absolute atomic E-state index is 0. The fraction of sp³-hybridized carbons (Fsp3) is 0.700. The summed E-state index contributed by atoms with van der Waals surface area (Å²) in [6.07, 6.45) is 10.0. The number of nitrogens with zero attached hydrogens (tertiary/aromatic N) is 1. The first-order valence-electron chi connectivity index (χ1n) is 4.81. The first-order valence-corrected chi connectivity index (χ1v) is 4.81. The van der Waals surface area contributed by atoms with E-state index < -0.39 is 0 Å². The van der Waals surface area contributed by atoms with Gasteiger partial charge in [-0.2, -0.15) is 0 Å². The molecule has 1 aliphatic heterocycles. The zero-order valence-electron chi connectivity index (χ0n) is 8.20. The summed E-state index contributed by atoms with van der Waals surface area (Å²) in [5.74, 6) is 0.832. The van der Waals surface area contributed by atoms with Gasteiger partial charge < -0.3 is 5.73 Å². The van der Waals surface area contributed by atoms with E-state index in [4.69, 9.17) is 5.73 Å². The molecule has 13 heavy (non-hydrogen) atoms. The van der Waals surface area contributed by atoms with Gasteiger partial charge in [-0.3, -0.25) is 4.99 Å². The normalized spacial score (nSPS) is 23.5. The van der Waals surface area contributed by atoms with Crippen LogP contribution in [-0.4, -0.2) is 11.9 Å². The highest BCUT2D eigenvalue weighted by Gasteiger charge is 2.07. The van der Waals surface area contributed by atoms with E-state index >= 15 is 0 Å². The van der Waals surface area contributed by atoms with Crippen molar-refractivity contribution in [1.82, 2.24) is 0 Å². The summed E-state index contributed by atoms with van der Waals surface area (Å²) in [5.41, 5.74) is 5.71. The Morgan fingerprint density at radius 1 is 1.54 bits per heavy atom. The molecule has 0 saturated carbocycles. The molecule has 1 rings (SSSR count). The Bertz CT molecular complexity index is 187. The van der Waals surface area contributed by atoms with Crippen molar-refractivity contribution in [2.75, 3.05) is 0 Å². The van der Waals surface area contributed by atoms with Crippen LogP contribution in [0.4, 0.5) is 0 Å². The molecule has 0 aliphatic carbocycles. The smallest absolute Gasteiger partial charge is 0.0944 e. The number of aliphatic imine (C=N–C) groups is 1. The summed E-state index contributed by atoms with van der Waals surface area (Å²) in [6, 6.07) is 0.354. The molecule has 0 aromatic carbocycles. The molecule has 1 unspecified atom stereocenters. The van der Waals surface area contributed by atoms with E-state index in [1.165, 1.54) is 12.8 Å². The first kappa shape index (κ1) is 12.5. The molecule has 0 radical (unpaired) electrons. The average Bonchev–Trinajstić information content (AvgIpc) is 2.26. The molecule has 0 aromatic rings. The van der Waals surface area contributed by atoms with Crippen LogP contribution in [0.5, 0.6) is 0 Å². The molecule has 76 valence electrons. The quantitative estimate of drug-likeness (QED) is 0.687. The zero-order valence-corrected chi connectivity index (χ0v) is 9.02. The number of hydrogen-bond acceptors (Lipinski definition) is 2. The van der Waals surface area contributed by atoms with Gasteiger partial charge in [-0.25, -0.2) is 0 Å². The molecular weight excluding hydrogens is 184 g/mol. The molecule has 0 saturated heterocycles. The van der Waals surface area contributed by atoms with Crippen molar-refractivity contribution in [2.24, 2.45) is 10.7 Å². The molecule has 0 fully saturated rings. The first-order chi connectivity index (χ1) is 5.83. The van der Waals surface area contributed by atoms with Crippen LogP contribution in [0.25, 0.3) is 0 Å². The third-order valence-corrected chi connectivity index (χ3v) is 2.11. The van der Waals surface area contributed by atoms with Gasteiger partial charge in [-0.15, -0.1) is 12.4 Å².